The fourth-order valence-electron chi connectivity index (χ4n) is 1.63. The molecule has 1 aromatic heterocycles. The molecule has 0 atom stereocenters. The Labute approximate surface area is 103 Å². The van der Waals surface area contributed by atoms with Crippen LogP contribution < -0.4 is 4.87 Å². The van der Waals surface area contributed by atoms with E-state index < -0.39 is 0 Å². The minimum absolute atomic E-state index is 0.0709. The number of ether oxygens (including phenoxy) is 2. The molecule has 0 unspecified atom stereocenters. The van der Waals surface area contributed by atoms with Crippen molar-refractivity contribution in [3.05, 3.63) is 33.9 Å². The maximum Gasteiger partial charge on any atom is 0.308 e. The first-order valence-electron chi connectivity index (χ1n) is 5.48. The van der Waals surface area contributed by atoms with Crippen molar-refractivity contribution in [2.75, 3.05) is 26.9 Å². The van der Waals surface area contributed by atoms with Gasteiger partial charge in [-0.2, -0.15) is 0 Å². The molecule has 5 heteroatoms. The van der Waals surface area contributed by atoms with Crippen molar-refractivity contribution in [2.24, 2.45) is 0 Å². The van der Waals surface area contributed by atoms with Gasteiger partial charge in [-0.05, 0) is 12.1 Å². The number of aromatic nitrogens is 1. The average Bonchev–Trinajstić information content (AvgIpc) is 2.65. The van der Waals surface area contributed by atoms with Crippen molar-refractivity contribution in [1.82, 2.24) is 4.57 Å². The zero-order valence-electron chi connectivity index (χ0n) is 9.72. The van der Waals surface area contributed by atoms with Gasteiger partial charge in [-0.3, -0.25) is 9.36 Å². The molecule has 4 nitrogen and oxygen atoms in total. The molecule has 0 aliphatic carbocycles. The van der Waals surface area contributed by atoms with Crippen LogP contribution in [0.1, 0.15) is 0 Å². The minimum Gasteiger partial charge on any atom is -0.382 e. The fraction of sp³-hybridized carbons (Fsp3) is 0.417. The van der Waals surface area contributed by atoms with E-state index in [0.29, 0.717) is 26.4 Å². The maximum atomic E-state index is 11.8. The first-order chi connectivity index (χ1) is 8.33. The third-order valence-electron chi connectivity index (χ3n) is 2.46. The van der Waals surface area contributed by atoms with Crippen LogP contribution in [0.3, 0.4) is 0 Å². The van der Waals surface area contributed by atoms with Crippen LogP contribution in [-0.2, 0) is 16.0 Å². The Balaban J connectivity index is 2.03. The van der Waals surface area contributed by atoms with Gasteiger partial charge in [0.2, 0.25) is 0 Å². The summed E-state index contributed by atoms with van der Waals surface area (Å²) in [5.41, 5.74) is 0.984. The Morgan fingerprint density at radius 2 is 2.06 bits per heavy atom. The van der Waals surface area contributed by atoms with Crippen molar-refractivity contribution in [3.63, 3.8) is 0 Å². The lowest BCUT2D eigenvalue weighted by molar-refractivity contribution is 0.0668. The summed E-state index contributed by atoms with van der Waals surface area (Å²) >= 11 is 1.27. The van der Waals surface area contributed by atoms with Crippen LogP contribution >= 0.6 is 11.3 Å². The Morgan fingerprint density at radius 1 is 1.24 bits per heavy atom. The zero-order valence-corrected chi connectivity index (χ0v) is 10.5. The van der Waals surface area contributed by atoms with Crippen molar-refractivity contribution < 1.29 is 9.47 Å². The van der Waals surface area contributed by atoms with Crippen LogP contribution in [0.2, 0.25) is 0 Å². The first kappa shape index (κ1) is 12.3. The Kier molecular flexibility index (Phi) is 4.30. The summed E-state index contributed by atoms with van der Waals surface area (Å²) in [7, 11) is 1.64. The Morgan fingerprint density at radius 3 is 2.88 bits per heavy atom. The number of hydrogen-bond acceptors (Lipinski definition) is 4. The van der Waals surface area contributed by atoms with E-state index in [2.05, 4.69) is 0 Å². The molecule has 0 fully saturated rings. The summed E-state index contributed by atoms with van der Waals surface area (Å²) in [6.45, 7) is 2.27. The molecular formula is C12H15NO3S. The van der Waals surface area contributed by atoms with Crippen molar-refractivity contribution >= 4 is 21.6 Å². The van der Waals surface area contributed by atoms with Crippen LogP contribution in [-0.4, -0.2) is 31.5 Å². The van der Waals surface area contributed by atoms with E-state index >= 15 is 0 Å². The number of methoxy groups -OCH3 is 1. The quantitative estimate of drug-likeness (QED) is 0.736. The molecule has 0 amide bonds. The first-order valence-corrected chi connectivity index (χ1v) is 6.29. The molecular weight excluding hydrogens is 238 g/mol. The van der Waals surface area contributed by atoms with Crippen LogP contribution in [0.4, 0.5) is 0 Å². The van der Waals surface area contributed by atoms with E-state index in [4.69, 9.17) is 9.47 Å². The third kappa shape index (κ3) is 2.94. The molecule has 0 N–H and O–H groups in total. The lowest BCUT2D eigenvalue weighted by atomic mass is 10.3. The summed E-state index contributed by atoms with van der Waals surface area (Å²) in [5.74, 6) is 0. The predicted molar refractivity (Wildman–Crippen MR) is 68.8 cm³/mol. The number of hydrogen-bond donors (Lipinski definition) is 0. The topological polar surface area (TPSA) is 40.5 Å². The normalized spacial score (nSPS) is 11.1. The van der Waals surface area contributed by atoms with Gasteiger partial charge in [0.15, 0.2) is 0 Å². The minimum atomic E-state index is 0.0709. The van der Waals surface area contributed by atoms with Crippen molar-refractivity contribution in [3.8, 4) is 0 Å². The second kappa shape index (κ2) is 5.95. The SMILES string of the molecule is COCCOCCn1c(=O)sc2ccccc21. The monoisotopic (exact) mass is 253 g/mol. The summed E-state index contributed by atoms with van der Waals surface area (Å²) in [4.78, 5) is 11.8. The summed E-state index contributed by atoms with van der Waals surface area (Å²) in [6.07, 6.45) is 0. The molecule has 0 radical (unpaired) electrons. The number of para-hydroxylation sites is 1. The maximum absolute atomic E-state index is 11.8. The number of benzene rings is 1. The fourth-order valence-corrected chi connectivity index (χ4v) is 2.54. The highest BCUT2D eigenvalue weighted by Gasteiger charge is 2.05. The highest BCUT2D eigenvalue weighted by Crippen LogP contribution is 2.15. The molecule has 0 bridgehead atoms. The van der Waals surface area contributed by atoms with Crippen LogP contribution in [0.5, 0.6) is 0 Å². The van der Waals surface area contributed by atoms with E-state index in [9.17, 15) is 4.79 Å². The van der Waals surface area contributed by atoms with Gasteiger partial charge >= 0.3 is 4.87 Å². The average molecular weight is 253 g/mol. The summed E-state index contributed by atoms with van der Waals surface area (Å²) in [5, 5.41) is 0. The molecule has 1 heterocycles. The van der Waals surface area contributed by atoms with E-state index in [1.807, 2.05) is 24.3 Å². The number of nitrogens with zero attached hydrogens (tertiary/aromatic N) is 1. The van der Waals surface area contributed by atoms with E-state index in [0.717, 1.165) is 10.2 Å². The van der Waals surface area contributed by atoms with Crippen molar-refractivity contribution in [1.29, 1.82) is 0 Å². The van der Waals surface area contributed by atoms with Gasteiger partial charge in [0.1, 0.15) is 0 Å². The van der Waals surface area contributed by atoms with E-state index in [1.54, 1.807) is 11.7 Å². The predicted octanol–water partition coefficient (Wildman–Crippen LogP) is 1.73. The number of thiazole rings is 1. The van der Waals surface area contributed by atoms with Crippen LogP contribution in [0, 0.1) is 0 Å². The third-order valence-corrected chi connectivity index (χ3v) is 3.42. The van der Waals surface area contributed by atoms with Gasteiger partial charge in [-0.15, -0.1) is 0 Å². The molecule has 0 saturated heterocycles. The smallest absolute Gasteiger partial charge is 0.308 e. The van der Waals surface area contributed by atoms with Gasteiger partial charge in [0.25, 0.3) is 0 Å². The van der Waals surface area contributed by atoms with Crippen LogP contribution in [0.25, 0.3) is 10.2 Å². The summed E-state index contributed by atoms with van der Waals surface area (Å²) in [6, 6.07) is 7.81. The second-order valence-corrected chi connectivity index (χ2v) is 4.59. The van der Waals surface area contributed by atoms with Crippen molar-refractivity contribution in [2.45, 2.75) is 6.54 Å². The lowest BCUT2D eigenvalue weighted by Gasteiger charge is -2.05. The van der Waals surface area contributed by atoms with E-state index in [-0.39, 0.29) is 4.87 Å². The molecule has 1 aromatic carbocycles. The van der Waals surface area contributed by atoms with Gasteiger partial charge < -0.3 is 9.47 Å². The highest BCUT2D eigenvalue weighted by atomic mass is 32.1. The van der Waals surface area contributed by atoms with Gasteiger partial charge in [-0.1, -0.05) is 23.5 Å². The molecule has 17 heavy (non-hydrogen) atoms. The Bertz CT molecular complexity index is 532. The standard InChI is InChI=1S/C12H15NO3S/c1-15-8-9-16-7-6-13-10-4-2-3-5-11(10)17-12(13)14/h2-5H,6-9H2,1H3. The zero-order chi connectivity index (χ0) is 12.1. The lowest BCUT2D eigenvalue weighted by Crippen LogP contribution is -2.17. The van der Waals surface area contributed by atoms with Crippen LogP contribution in [0.15, 0.2) is 29.1 Å². The largest absolute Gasteiger partial charge is 0.382 e. The number of rotatable bonds is 6. The van der Waals surface area contributed by atoms with Gasteiger partial charge in [0.05, 0.1) is 36.6 Å². The molecule has 0 aliphatic rings. The summed E-state index contributed by atoms with van der Waals surface area (Å²) < 4.78 is 13.0. The Hall–Kier alpha value is -1.17. The molecule has 0 aliphatic heterocycles. The highest BCUT2D eigenvalue weighted by molar-refractivity contribution is 7.16. The molecule has 0 spiro atoms. The number of fused-ring (bicyclic) bond motifs is 1. The molecule has 92 valence electrons. The van der Waals surface area contributed by atoms with Gasteiger partial charge in [0, 0.05) is 7.11 Å². The van der Waals surface area contributed by atoms with Gasteiger partial charge in [-0.25, -0.2) is 0 Å². The second-order valence-electron chi connectivity index (χ2n) is 3.59. The van der Waals surface area contributed by atoms with E-state index in [1.165, 1.54) is 11.3 Å². The molecule has 2 aromatic rings. The molecule has 0 saturated carbocycles. The molecule has 2 rings (SSSR count).